The van der Waals surface area contributed by atoms with E-state index in [4.69, 9.17) is 5.73 Å². The van der Waals surface area contributed by atoms with Crippen molar-refractivity contribution in [3.05, 3.63) is 75.3 Å². The fourth-order valence-electron chi connectivity index (χ4n) is 2.58. The smallest absolute Gasteiger partial charge is 0.269 e. The van der Waals surface area contributed by atoms with Crippen molar-refractivity contribution < 1.29 is 14.5 Å². The highest BCUT2D eigenvalue weighted by atomic mass is 16.6. The number of hydrogen-bond acceptors (Lipinski definition) is 4. The van der Waals surface area contributed by atoms with Crippen molar-refractivity contribution in [3.63, 3.8) is 0 Å². The molecule has 0 fully saturated rings. The number of amides is 2. The highest BCUT2D eigenvalue weighted by Crippen LogP contribution is 2.22. The predicted octanol–water partition coefficient (Wildman–Crippen LogP) is 2.72. The predicted molar refractivity (Wildman–Crippen MR) is 102 cm³/mol. The van der Waals surface area contributed by atoms with Crippen LogP contribution in [0.2, 0.25) is 0 Å². The molecule has 0 aliphatic carbocycles. The van der Waals surface area contributed by atoms with E-state index in [1.807, 2.05) is 12.1 Å². The topological polar surface area (TPSA) is 115 Å². The van der Waals surface area contributed by atoms with Gasteiger partial charge in [-0.1, -0.05) is 45.0 Å². The summed E-state index contributed by atoms with van der Waals surface area (Å²) >= 11 is 0. The Morgan fingerprint density at radius 3 is 2.07 bits per heavy atom. The second kappa shape index (κ2) is 7.99. The molecule has 0 aliphatic heterocycles. The Bertz CT molecular complexity index is 837. The average Bonchev–Trinajstić information content (AvgIpc) is 2.60. The lowest BCUT2D eigenvalue weighted by Crippen LogP contribution is -2.45. The molecule has 0 unspecified atom stereocenters. The lowest BCUT2D eigenvalue weighted by atomic mass is 9.86. The fourth-order valence-corrected chi connectivity index (χ4v) is 2.58. The van der Waals surface area contributed by atoms with Gasteiger partial charge in [0.15, 0.2) is 0 Å². The van der Waals surface area contributed by atoms with Crippen LogP contribution in [-0.2, 0) is 16.6 Å². The molecule has 0 saturated carbocycles. The number of benzene rings is 2. The molecule has 0 heterocycles. The Hall–Kier alpha value is -3.22. The van der Waals surface area contributed by atoms with E-state index >= 15 is 0 Å². The molecule has 2 amide bonds. The molecule has 2 aromatic rings. The standard InChI is InChI=1S/C20H23N3O4/c1-20(2,3)15-8-6-14(7-9-15)19(25)22-17(18(21)24)12-13-4-10-16(11-5-13)23(26)27/h4-11,17H,12H2,1-3H3,(H2,21,24)(H,22,25)/t17-/m0/s1. The molecule has 0 aliphatic rings. The van der Waals surface area contributed by atoms with Crippen LogP contribution >= 0.6 is 0 Å². The van der Waals surface area contributed by atoms with Gasteiger partial charge in [-0.3, -0.25) is 19.7 Å². The monoisotopic (exact) mass is 369 g/mol. The van der Waals surface area contributed by atoms with Gasteiger partial charge in [-0.2, -0.15) is 0 Å². The quantitative estimate of drug-likeness (QED) is 0.601. The third-order valence-corrected chi connectivity index (χ3v) is 4.25. The number of rotatable bonds is 6. The molecule has 0 radical (unpaired) electrons. The van der Waals surface area contributed by atoms with Crippen LogP contribution in [0.1, 0.15) is 42.3 Å². The van der Waals surface area contributed by atoms with E-state index in [0.29, 0.717) is 11.1 Å². The summed E-state index contributed by atoms with van der Waals surface area (Å²) in [4.78, 5) is 34.4. The van der Waals surface area contributed by atoms with Gasteiger partial charge in [-0.25, -0.2) is 0 Å². The van der Waals surface area contributed by atoms with Crippen LogP contribution in [0, 0.1) is 10.1 Å². The average molecular weight is 369 g/mol. The summed E-state index contributed by atoms with van der Waals surface area (Å²) in [5, 5.41) is 13.3. The molecule has 3 N–H and O–H groups in total. The maximum Gasteiger partial charge on any atom is 0.269 e. The first-order valence-corrected chi connectivity index (χ1v) is 8.52. The zero-order valence-corrected chi connectivity index (χ0v) is 15.6. The molecular weight excluding hydrogens is 346 g/mol. The Morgan fingerprint density at radius 1 is 1.07 bits per heavy atom. The molecule has 7 heteroatoms. The van der Waals surface area contributed by atoms with Crippen molar-refractivity contribution >= 4 is 17.5 Å². The lowest BCUT2D eigenvalue weighted by Gasteiger charge is -2.19. The number of nitro groups is 1. The van der Waals surface area contributed by atoms with Gasteiger partial charge in [0.2, 0.25) is 5.91 Å². The summed E-state index contributed by atoms with van der Waals surface area (Å²) in [6.45, 7) is 6.24. The lowest BCUT2D eigenvalue weighted by molar-refractivity contribution is -0.384. The SMILES string of the molecule is CC(C)(C)c1ccc(C(=O)N[C@@H](Cc2ccc([N+](=O)[O-])cc2)C(N)=O)cc1. The van der Waals surface area contributed by atoms with Crippen LogP contribution in [-0.4, -0.2) is 22.8 Å². The molecule has 2 rings (SSSR count). The number of carbonyl (C=O) groups is 2. The van der Waals surface area contributed by atoms with Crippen molar-refractivity contribution in [2.24, 2.45) is 5.73 Å². The Labute approximate surface area is 157 Å². The maximum atomic E-state index is 12.4. The molecule has 0 bridgehead atoms. The first kappa shape index (κ1) is 20.1. The van der Waals surface area contributed by atoms with Crippen molar-refractivity contribution in [2.75, 3.05) is 0 Å². The number of primary amides is 1. The number of nitro benzene ring substituents is 1. The Balaban J connectivity index is 2.10. The van der Waals surface area contributed by atoms with Crippen LogP contribution in [0.4, 0.5) is 5.69 Å². The van der Waals surface area contributed by atoms with Gasteiger partial charge in [0.1, 0.15) is 6.04 Å². The highest BCUT2D eigenvalue weighted by Gasteiger charge is 2.21. The van der Waals surface area contributed by atoms with Crippen LogP contribution in [0.15, 0.2) is 48.5 Å². The van der Waals surface area contributed by atoms with Crippen LogP contribution < -0.4 is 11.1 Å². The maximum absolute atomic E-state index is 12.4. The summed E-state index contributed by atoms with van der Waals surface area (Å²) in [5.74, 6) is -1.07. The van der Waals surface area contributed by atoms with Crippen molar-refractivity contribution in [1.29, 1.82) is 0 Å². The molecule has 27 heavy (non-hydrogen) atoms. The summed E-state index contributed by atoms with van der Waals surface area (Å²) in [6.07, 6.45) is 0.152. The van der Waals surface area contributed by atoms with Crippen molar-refractivity contribution in [1.82, 2.24) is 5.32 Å². The van der Waals surface area contributed by atoms with E-state index in [-0.39, 0.29) is 17.5 Å². The van der Waals surface area contributed by atoms with E-state index in [9.17, 15) is 19.7 Å². The number of hydrogen-bond donors (Lipinski definition) is 2. The molecule has 0 spiro atoms. The zero-order valence-electron chi connectivity index (χ0n) is 15.6. The molecule has 142 valence electrons. The van der Waals surface area contributed by atoms with Gasteiger partial charge >= 0.3 is 0 Å². The van der Waals surface area contributed by atoms with Crippen LogP contribution in [0.3, 0.4) is 0 Å². The van der Waals surface area contributed by atoms with Crippen LogP contribution in [0.25, 0.3) is 0 Å². The largest absolute Gasteiger partial charge is 0.368 e. The number of nitrogens with two attached hydrogens (primary N) is 1. The van der Waals surface area contributed by atoms with E-state index < -0.39 is 22.8 Å². The Morgan fingerprint density at radius 2 is 1.63 bits per heavy atom. The number of carbonyl (C=O) groups excluding carboxylic acids is 2. The van der Waals surface area contributed by atoms with Crippen LogP contribution in [0.5, 0.6) is 0 Å². The summed E-state index contributed by atoms with van der Waals surface area (Å²) in [5.41, 5.74) is 7.52. The summed E-state index contributed by atoms with van der Waals surface area (Å²) in [6, 6.07) is 12.0. The third kappa shape index (κ3) is 5.37. The molecular formula is C20H23N3O4. The van der Waals surface area contributed by atoms with Crippen molar-refractivity contribution in [3.8, 4) is 0 Å². The van der Waals surface area contributed by atoms with Crippen molar-refractivity contribution in [2.45, 2.75) is 38.6 Å². The van der Waals surface area contributed by atoms with Gasteiger partial charge in [0.05, 0.1) is 4.92 Å². The minimum absolute atomic E-state index is 0.0271. The first-order chi connectivity index (χ1) is 12.6. The van der Waals surface area contributed by atoms with Gasteiger partial charge in [0.25, 0.3) is 11.6 Å². The molecule has 0 aromatic heterocycles. The van der Waals surface area contributed by atoms with E-state index in [1.54, 1.807) is 24.3 Å². The zero-order chi connectivity index (χ0) is 20.2. The second-order valence-corrected chi connectivity index (χ2v) is 7.38. The fraction of sp³-hybridized carbons (Fsp3) is 0.300. The molecule has 2 aromatic carbocycles. The van der Waals surface area contributed by atoms with Gasteiger partial charge in [0, 0.05) is 24.1 Å². The van der Waals surface area contributed by atoms with E-state index in [0.717, 1.165) is 5.56 Å². The number of non-ortho nitro benzene ring substituents is 1. The number of nitrogens with one attached hydrogen (secondary N) is 1. The molecule has 0 saturated heterocycles. The van der Waals surface area contributed by atoms with E-state index in [1.165, 1.54) is 12.1 Å². The van der Waals surface area contributed by atoms with Gasteiger partial charge in [-0.05, 0) is 28.7 Å². The summed E-state index contributed by atoms with van der Waals surface area (Å²) < 4.78 is 0. The second-order valence-electron chi connectivity index (χ2n) is 7.38. The number of nitrogens with zero attached hydrogens (tertiary/aromatic N) is 1. The minimum atomic E-state index is -0.916. The summed E-state index contributed by atoms with van der Waals surface area (Å²) in [7, 11) is 0. The highest BCUT2D eigenvalue weighted by molar-refractivity contribution is 5.97. The molecule has 7 nitrogen and oxygen atoms in total. The van der Waals surface area contributed by atoms with E-state index in [2.05, 4.69) is 26.1 Å². The first-order valence-electron chi connectivity index (χ1n) is 8.52. The minimum Gasteiger partial charge on any atom is -0.368 e. The normalized spacial score (nSPS) is 12.3. The Kier molecular flexibility index (Phi) is 5.95. The van der Waals surface area contributed by atoms with Gasteiger partial charge in [-0.15, -0.1) is 0 Å². The third-order valence-electron chi connectivity index (χ3n) is 4.25. The van der Waals surface area contributed by atoms with Gasteiger partial charge < -0.3 is 11.1 Å². The molecule has 1 atom stereocenters.